The largest absolute Gasteiger partial charge is 0.493 e. The van der Waals surface area contributed by atoms with Crippen LogP contribution in [0.15, 0.2) is 18.2 Å². The Morgan fingerprint density at radius 2 is 1.63 bits per heavy atom. The first-order valence-electron chi connectivity index (χ1n) is 7.14. The molecular formula is C16H25NO2. The van der Waals surface area contributed by atoms with Gasteiger partial charge in [-0.05, 0) is 36.8 Å². The molecule has 0 radical (unpaired) electrons. The molecule has 3 nitrogen and oxygen atoms in total. The molecule has 0 heterocycles. The average Bonchev–Trinajstić information content (AvgIpc) is 2.42. The van der Waals surface area contributed by atoms with Gasteiger partial charge in [0.15, 0.2) is 11.5 Å². The summed E-state index contributed by atoms with van der Waals surface area (Å²) in [5.74, 6) is 3.00. The predicted molar refractivity (Wildman–Crippen MR) is 79.1 cm³/mol. The van der Waals surface area contributed by atoms with Gasteiger partial charge in [-0.3, -0.25) is 0 Å². The van der Waals surface area contributed by atoms with Crippen LogP contribution in [0.1, 0.15) is 33.1 Å². The molecule has 1 aromatic rings. The lowest BCUT2D eigenvalue weighted by atomic mass is 9.78. The minimum absolute atomic E-state index is 0.548. The molecule has 2 atom stereocenters. The zero-order chi connectivity index (χ0) is 13.8. The van der Waals surface area contributed by atoms with Gasteiger partial charge in [0.05, 0.1) is 14.2 Å². The molecule has 1 fully saturated rings. The Kier molecular flexibility index (Phi) is 4.56. The maximum atomic E-state index is 5.35. The highest BCUT2D eigenvalue weighted by Gasteiger charge is 2.27. The number of anilines is 1. The van der Waals surface area contributed by atoms with E-state index in [0.29, 0.717) is 6.04 Å². The highest BCUT2D eigenvalue weighted by Crippen LogP contribution is 2.34. The fraction of sp³-hybridized carbons (Fsp3) is 0.625. The lowest BCUT2D eigenvalue weighted by Crippen LogP contribution is -2.37. The van der Waals surface area contributed by atoms with Gasteiger partial charge in [-0.15, -0.1) is 0 Å². The predicted octanol–water partition coefficient (Wildman–Crippen LogP) is 3.94. The summed E-state index contributed by atoms with van der Waals surface area (Å²) in [6.45, 7) is 4.68. The molecule has 0 aromatic heterocycles. The Balaban J connectivity index is 2.13. The quantitative estimate of drug-likeness (QED) is 0.892. The Hall–Kier alpha value is -1.38. The van der Waals surface area contributed by atoms with Crippen LogP contribution in [-0.4, -0.2) is 20.3 Å². The fourth-order valence-electron chi connectivity index (χ4n) is 3.08. The summed E-state index contributed by atoms with van der Waals surface area (Å²) in [6.07, 6.45) is 3.98. The van der Waals surface area contributed by atoms with E-state index in [1.165, 1.54) is 19.3 Å². The van der Waals surface area contributed by atoms with Crippen molar-refractivity contribution in [2.45, 2.75) is 39.2 Å². The van der Waals surface area contributed by atoms with E-state index in [4.69, 9.17) is 9.47 Å². The summed E-state index contributed by atoms with van der Waals surface area (Å²) in [5, 5.41) is 3.67. The molecule has 0 aliphatic heterocycles. The van der Waals surface area contributed by atoms with Crippen LogP contribution < -0.4 is 14.8 Å². The van der Waals surface area contributed by atoms with E-state index in [-0.39, 0.29) is 0 Å². The van der Waals surface area contributed by atoms with Crippen LogP contribution in [0.3, 0.4) is 0 Å². The molecule has 1 aliphatic carbocycles. The maximum Gasteiger partial charge on any atom is 0.162 e. The second kappa shape index (κ2) is 6.18. The van der Waals surface area contributed by atoms with E-state index in [9.17, 15) is 0 Å². The number of benzene rings is 1. The molecule has 0 spiro atoms. The molecule has 106 valence electrons. The van der Waals surface area contributed by atoms with Crippen LogP contribution in [0.2, 0.25) is 0 Å². The van der Waals surface area contributed by atoms with Crippen molar-refractivity contribution in [3.8, 4) is 11.5 Å². The number of rotatable bonds is 4. The Labute approximate surface area is 116 Å². The molecule has 1 aliphatic rings. The third-order valence-electron chi connectivity index (χ3n) is 4.26. The third kappa shape index (κ3) is 3.14. The van der Waals surface area contributed by atoms with Gasteiger partial charge in [0.2, 0.25) is 0 Å². The molecule has 2 rings (SSSR count). The van der Waals surface area contributed by atoms with Crippen molar-refractivity contribution in [1.29, 1.82) is 0 Å². The molecule has 0 saturated heterocycles. The van der Waals surface area contributed by atoms with E-state index in [1.807, 2.05) is 12.1 Å². The monoisotopic (exact) mass is 263 g/mol. The molecule has 1 N–H and O–H groups in total. The van der Waals surface area contributed by atoms with E-state index in [0.717, 1.165) is 29.0 Å². The van der Waals surface area contributed by atoms with Crippen molar-refractivity contribution < 1.29 is 9.47 Å². The fourth-order valence-corrected chi connectivity index (χ4v) is 3.08. The molecule has 19 heavy (non-hydrogen) atoms. The van der Waals surface area contributed by atoms with E-state index in [1.54, 1.807) is 14.2 Å². The number of nitrogens with one attached hydrogen (secondary N) is 1. The highest BCUT2D eigenvalue weighted by atomic mass is 16.5. The minimum atomic E-state index is 0.548. The summed E-state index contributed by atoms with van der Waals surface area (Å²) < 4.78 is 10.6. The van der Waals surface area contributed by atoms with Crippen LogP contribution >= 0.6 is 0 Å². The minimum Gasteiger partial charge on any atom is -0.493 e. The topological polar surface area (TPSA) is 30.5 Å². The Morgan fingerprint density at radius 1 is 1.00 bits per heavy atom. The van der Waals surface area contributed by atoms with Gasteiger partial charge < -0.3 is 14.8 Å². The van der Waals surface area contributed by atoms with Crippen LogP contribution in [-0.2, 0) is 0 Å². The molecule has 0 amide bonds. The molecule has 0 bridgehead atoms. The van der Waals surface area contributed by atoms with Crippen LogP contribution in [0.4, 0.5) is 5.69 Å². The van der Waals surface area contributed by atoms with Gasteiger partial charge in [0, 0.05) is 17.8 Å². The van der Waals surface area contributed by atoms with Crippen molar-refractivity contribution in [2.24, 2.45) is 11.8 Å². The molecule has 2 unspecified atom stereocenters. The average molecular weight is 263 g/mol. The molecular weight excluding hydrogens is 238 g/mol. The Bertz CT molecular complexity index is 409. The van der Waals surface area contributed by atoms with Crippen molar-refractivity contribution in [2.75, 3.05) is 19.5 Å². The van der Waals surface area contributed by atoms with Crippen LogP contribution in [0.5, 0.6) is 11.5 Å². The summed E-state index contributed by atoms with van der Waals surface area (Å²) >= 11 is 0. The maximum absolute atomic E-state index is 5.35. The smallest absolute Gasteiger partial charge is 0.162 e. The highest BCUT2D eigenvalue weighted by molar-refractivity contribution is 5.55. The van der Waals surface area contributed by atoms with Gasteiger partial charge in [-0.2, -0.15) is 0 Å². The summed E-state index contributed by atoms with van der Waals surface area (Å²) in [6, 6.07) is 6.59. The molecule has 3 heteroatoms. The van der Waals surface area contributed by atoms with Crippen molar-refractivity contribution in [3.05, 3.63) is 18.2 Å². The number of ether oxygens (including phenoxy) is 2. The second-order valence-electron chi connectivity index (χ2n) is 5.63. The standard InChI is InChI=1S/C16H25NO2/c1-11-6-5-7-12(2)16(11)17-13-8-9-14(18-3)15(10-13)19-4/h8-12,16-17H,5-7H2,1-4H3. The van der Waals surface area contributed by atoms with Crippen LogP contribution in [0, 0.1) is 11.8 Å². The normalized spacial score (nSPS) is 26.8. The number of methoxy groups -OCH3 is 2. The van der Waals surface area contributed by atoms with Crippen molar-refractivity contribution in [1.82, 2.24) is 0 Å². The van der Waals surface area contributed by atoms with Gasteiger partial charge in [-0.1, -0.05) is 20.3 Å². The second-order valence-corrected chi connectivity index (χ2v) is 5.63. The Morgan fingerprint density at radius 3 is 2.21 bits per heavy atom. The number of hydrogen-bond acceptors (Lipinski definition) is 3. The van der Waals surface area contributed by atoms with E-state index < -0.39 is 0 Å². The van der Waals surface area contributed by atoms with Crippen molar-refractivity contribution in [3.63, 3.8) is 0 Å². The van der Waals surface area contributed by atoms with Crippen molar-refractivity contribution >= 4 is 5.69 Å². The van der Waals surface area contributed by atoms with Gasteiger partial charge >= 0.3 is 0 Å². The first-order chi connectivity index (χ1) is 9.15. The zero-order valence-corrected chi connectivity index (χ0v) is 12.4. The lowest BCUT2D eigenvalue weighted by Gasteiger charge is -2.36. The molecule has 1 saturated carbocycles. The van der Waals surface area contributed by atoms with E-state index in [2.05, 4.69) is 25.2 Å². The SMILES string of the molecule is COc1ccc(NC2C(C)CCCC2C)cc1OC. The zero-order valence-electron chi connectivity index (χ0n) is 12.4. The summed E-state index contributed by atoms with van der Waals surface area (Å²) in [5.41, 5.74) is 1.11. The van der Waals surface area contributed by atoms with E-state index >= 15 is 0 Å². The number of hydrogen-bond donors (Lipinski definition) is 1. The van der Waals surface area contributed by atoms with Gasteiger partial charge in [-0.25, -0.2) is 0 Å². The molecule has 1 aromatic carbocycles. The summed E-state index contributed by atoms with van der Waals surface area (Å²) in [4.78, 5) is 0. The first kappa shape index (κ1) is 14.0. The van der Waals surface area contributed by atoms with Gasteiger partial charge in [0.1, 0.15) is 0 Å². The third-order valence-corrected chi connectivity index (χ3v) is 4.26. The lowest BCUT2D eigenvalue weighted by molar-refractivity contribution is 0.268. The first-order valence-corrected chi connectivity index (χ1v) is 7.14. The van der Waals surface area contributed by atoms with Gasteiger partial charge in [0.25, 0.3) is 0 Å². The van der Waals surface area contributed by atoms with Crippen LogP contribution in [0.25, 0.3) is 0 Å². The summed E-state index contributed by atoms with van der Waals surface area (Å²) in [7, 11) is 3.34.